The summed E-state index contributed by atoms with van der Waals surface area (Å²) in [5.41, 5.74) is 3.51. The molecule has 0 radical (unpaired) electrons. The van der Waals surface area contributed by atoms with Crippen LogP contribution in [0.3, 0.4) is 0 Å². The van der Waals surface area contributed by atoms with Crippen molar-refractivity contribution in [1.82, 2.24) is 0 Å². The van der Waals surface area contributed by atoms with Crippen LogP contribution in [0.1, 0.15) is 34.8 Å². The third-order valence-electron chi connectivity index (χ3n) is 5.43. The first kappa shape index (κ1) is 21.3. The molecule has 6 nitrogen and oxygen atoms in total. The molecule has 3 aromatic rings. The molecule has 6 heteroatoms. The van der Waals surface area contributed by atoms with Crippen molar-refractivity contribution < 1.29 is 19.1 Å². The van der Waals surface area contributed by atoms with Gasteiger partial charge in [-0.25, -0.2) is 4.79 Å². The molecule has 1 N–H and O–H groups in total. The molecule has 0 aliphatic carbocycles. The lowest BCUT2D eigenvalue weighted by molar-refractivity contribution is -0.122. The van der Waals surface area contributed by atoms with E-state index in [1.807, 2.05) is 42.5 Å². The van der Waals surface area contributed by atoms with Gasteiger partial charge in [0.05, 0.1) is 16.9 Å². The van der Waals surface area contributed by atoms with Gasteiger partial charge in [0.2, 0.25) is 5.91 Å². The molecule has 1 heterocycles. The molecule has 0 saturated heterocycles. The summed E-state index contributed by atoms with van der Waals surface area (Å²) in [6.07, 6.45) is 0.749. The number of amides is 2. The molecule has 1 aliphatic heterocycles. The van der Waals surface area contributed by atoms with Gasteiger partial charge in [0.25, 0.3) is 5.91 Å². The van der Waals surface area contributed by atoms with Gasteiger partial charge >= 0.3 is 5.97 Å². The zero-order valence-electron chi connectivity index (χ0n) is 17.8. The summed E-state index contributed by atoms with van der Waals surface area (Å²) in [5.74, 6) is -1.09. The lowest BCUT2D eigenvalue weighted by Crippen LogP contribution is -2.41. The van der Waals surface area contributed by atoms with Gasteiger partial charge in [-0.1, -0.05) is 60.7 Å². The topological polar surface area (TPSA) is 75.7 Å². The second-order valence-electron chi connectivity index (χ2n) is 7.78. The molecular weight excluding hydrogens is 404 g/mol. The fourth-order valence-electron chi connectivity index (χ4n) is 3.93. The third kappa shape index (κ3) is 4.70. The maximum Gasteiger partial charge on any atom is 0.338 e. The highest BCUT2D eigenvalue weighted by Gasteiger charge is 2.30. The number of benzene rings is 3. The van der Waals surface area contributed by atoms with Crippen molar-refractivity contribution in [3.05, 3.63) is 95.6 Å². The summed E-state index contributed by atoms with van der Waals surface area (Å²) in [6, 6.07) is 23.8. The minimum atomic E-state index is -0.546. The van der Waals surface area contributed by atoms with E-state index in [1.165, 1.54) is 4.90 Å². The lowest BCUT2D eigenvalue weighted by atomic mass is 10.00. The molecule has 1 atom stereocenters. The zero-order chi connectivity index (χ0) is 22.5. The van der Waals surface area contributed by atoms with Gasteiger partial charge in [0.1, 0.15) is 0 Å². The molecule has 162 valence electrons. The Morgan fingerprint density at radius 1 is 0.969 bits per heavy atom. The predicted molar refractivity (Wildman–Crippen MR) is 123 cm³/mol. The van der Waals surface area contributed by atoms with Crippen LogP contribution in [0.15, 0.2) is 78.9 Å². The minimum Gasteiger partial charge on any atom is -0.452 e. The molecule has 32 heavy (non-hydrogen) atoms. The number of fused-ring (bicyclic) bond motifs is 1. The molecule has 0 spiro atoms. The van der Waals surface area contributed by atoms with Gasteiger partial charge in [-0.3, -0.25) is 9.59 Å². The molecule has 3 aromatic carbocycles. The van der Waals surface area contributed by atoms with Crippen LogP contribution in [0.5, 0.6) is 0 Å². The van der Waals surface area contributed by atoms with E-state index in [0.717, 1.165) is 11.1 Å². The van der Waals surface area contributed by atoms with Crippen molar-refractivity contribution in [2.75, 3.05) is 16.8 Å². The lowest BCUT2D eigenvalue weighted by Gasteiger charge is -2.27. The number of ether oxygens (including phenoxy) is 1. The van der Waals surface area contributed by atoms with Crippen LogP contribution in [-0.4, -0.2) is 30.4 Å². The van der Waals surface area contributed by atoms with Gasteiger partial charge in [-0.15, -0.1) is 0 Å². The second kappa shape index (κ2) is 9.47. The van der Waals surface area contributed by atoms with E-state index in [2.05, 4.69) is 5.32 Å². The highest BCUT2D eigenvalue weighted by molar-refractivity contribution is 6.05. The summed E-state index contributed by atoms with van der Waals surface area (Å²) < 4.78 is 5.42. The van der Waals surface area contributed by atoms with E-state index >= 15 is 0 Å². The molecular formula is C26H24N2O4. The van der Waals surface area contributed by atoms with E-state index in [0.29, 0.717) is 23.4 Å². The maximum absolute atomic E-state index is 13.1. The van der Waals surface area contributed by atoms with Crippen LogP contribution in [0.4, 0.5) is 11.4 Å². The number of para-hydroxylation sites is 2. The molecule has 2 amide bonds. The van der Waals surface area contributed by atoms with Crippen molar-refractivity contribution in [2.45, 2.75) is 25.8 Å². The van der Waals surface area contributed by atoms with Crippen LogP contribution in [0.2, 0.25) is 0 Å². The van der Waals surface area contributed by atoms with Gasteiger partial charge in [-0.2, -0.15) is 0 Å². The Kier molecular flexibility index (Phi) is 6.31. The Balaban J connectivity index is 1.49. The molecule has 0 saturated carbocycles. The van der Waals surface area contributed by atoms with Crippen LogP contribution >= 0.6 is 0 Å². The summed E-state index contributed by atoms with van der Waals surface area (Å²) in [6.45, 7) is 1.39. The number of rotatable bonds is 5. The SMILES string of the molecule is CC1CC(=O)Nc2ccccc2N1C(=O)COC(=O)c1ccccc1Cc1ccccc1. The van der Waals surface area contributed by atoms with Gasteiger partial charge < -0.3 is 15.0 Å². The van der Waals surface area contributed by atoms with E-state index in [4.69, 9.17) is 4.74 Å². The normalized spacial score (nSPS) is 15.3. The van der Waals surface area contributed by atoms with Crippen molar-refractivity contribution in [3.63, 3.8) is 0 Å². The monoisotopic (exact) mass is 428 g/mol. The Hall–Kier alpha value is -3.93. The van der Waals surface area contributed by atoms with E-state index in [1.54, 1.807) is 43.3 Å². The molecule has 4 rings (SSSR count). The quantitative estimate of drug-likeness (QED) is 0.618. The summed E-state index contributed by atoms with van der Waals surface area (Å²) in [7, 11) is 0. The summed E-state index contributed by atoms with van der Waals surface area (Å²) >= 11 is 0. The first-order chi connectivity index (χ1) is 15.5. The number of nitrogens with one attached hydrogen (secondary N) is 1. The first-order valence-electron chi connectivity index (χ1n) is 10.5. The second-order valence-corrected chi connectivity index (χ2v) is 7.78. The first-order valence-corrected chi connectivity index (χ1v) is 10.5. The van der Waals surface area contributed by atoms with Crippen molar-refractivity contribution in [3.8, 4) is 0 Å². The third-order valence-corrected chi connectivity index (χ3v) is 5.43. The van der Waals surface area contributed by atoms with Crippen LogP contribution < -0.4 is 10.2 Å². The zero-order valence-corrected chi connectivity index (χ0v) is 17.8. The van der Waals surface area contributed by atoms with Gasteiger partial charge in [0.15, 0.2) is 6.61 Å². The standard InChI is InChI=1S/C26H24N2O4/c1-18-15-24(29)27-22-13-7-8-14-23(22)28(18)25(30)17-32-26(31)21-12-6-5-11-20(21)16-19-9-3-2-4-10-19/h2-14,18H,15-17H2,1H3,(H,27,29). The minimum absolute atomic E-state index is 0.160. The average molecular weight is 428 g/mol. The molecule has 0 bridgehead atoms. The van der Waals surface area contributed by atoms with E-state index in [-0.39, 0.29) is 24.3 Å². The fourth-order valence-corrected chi connectivity index (χ4v) is 3.93. The van der Waals surface area contributed by atoms with E-state index < -0.39 is 12.6 Å². The highest BCUT2D eigenvalue weighted by Crippen LogP contribution is 2.31. The largest absolute Gasteiger partial charge is 0.452 e. The summed E-state index contributed by atoms with van der Waals surface area (Å²) in [5, 5.41) is 2.82. The van der Waals surface area contributed by atoms with Crippen LogP contribution in [0.25, 0.3) is 0 Å². The highest BCUT2D eigenvalue weighted by atomic mass is 16.5. The Morgan fingerprint density at radius 2 is 1.66 bits per heavy atom. The molecule has 0 fully saturated rings. The number of hydrogen-bond acceptors (Lipinski definition) is 4. The number of carbonyl (C=O) groups excluding carboxylic acids is 3. The Morgan fingerprint density at radius 3 is 2.47 bits per heavy atom. The van der Waals surface area contributed by atoms with Crippen LogP contribution in [-0.2, 0) is 20.7 Å². The number of hydrogen-bond donors (Lipinski definition) is 1. The summed E-state index contributed by atoms with van der Waals surface area (Å²) in [4.78, 5) is 39.5. The van der Waals surface area contributed by atoms with Gasteiger partial charge in [0, 0.05) is 12.5 Å². The molecule has 0 aromatic heterocycles. The number of nitrogens with zero attached hydrogens (tertiary/aromatic N) is 1. The Labute approximate surface area is 186 Å². The molecule has 1 aliphatic rings. The molecule has 1 unspecified atom stereocenters. The average Bonchev–Trinajstić information content (AvgIpc) is 2.92. The van der Waals surface area contributed by atoms with E-state index in [9.17, 15) is 14.4 Å². The Bertz CT molecular complexity index is 1140. The maximum atomic E-state index is 13.1. The number of carbonyl (C=O) groups is 3. The fraction of sp³-hybridized carbons (Fsp3) is 0.192. The van der Waals surface area contributed by atoms with Gasteiger partial charge in [-0.05, 0) is 42.7 Å². The van der Waals surface area contributed by atoms with Crippen molar-refractivity contribution >= 4 is 29.2 Å². The number of anilines is 2. The number of esters is 1. The van der Waals surface area contributed by atoms with Crippen molar-refractivity contribution in [1.29, 1.82) is 0 Å². The predicted octanol–water partition coefficient (Wildman–Crippen LogP) is 4.20. The van der Waals surface area contributed by atoms with Crippen molar-refractivity contribution in [2.24, 2.45) is 0 Å². The smallest absolute Gasteiger partial charge is 0.338 e. The van der Waals surface area contributed by atoms with Crippen LogP contribution in [0, 0.1) is 0 Å².